The number of hydrogen-bond acceptors (Lipinski definition) is 4. The second-order valence-corrected chi connectivity index (χ2v) is 5.28. The van der Waals surface area contributed by atoms with E-state index in [4.69, 9.17) is 9.47 Å². The van der Waals surface area contributed by atoms with Gasteiger partial charge in [-0.05, 0) is 51.4 Å². The van der Waals surface area contributed by atoms with E-state index >= 15 is 0 Å². The summed E-state index contributed by atoms with van der Waals surface area (Å²) in [7, 11) is 3.24. The Labute approximate surface area is 127 Å². The van der Waals surface area contributed by atoms with Crippen LogP contribution in [0.3, 0.4) is 0 Å². The molecule has 21 heavy (non-hydrogen) atoms. The van der Waals surface area contributed by atoms with Crippen molar-refractivity contribution in [1.29, 1.82) is 0 Å². The molecule has 1 unspecified atom stereocenters. The molecule has 0 radical (unpaired) electrons. The van der Waals surface area contributed by atoms with Gasteiger partial charge in [0.2, 0.25) is 5.91 Å². The van der Waals surface area contributed by atoms with Gasteiger partial charge in [0.1, 0.15) is 0 Å². The summed E-state index contributed by atoms with van der Waals surface area (Å²) >= 11 is 0. The molecule has 2 N–H and O–H groups in total. The lowest BCUT2D eigenvalue weighted by Gasteiger charge is -2.16. The van der Waals surface area contributed by atoms with E-state index in [0.29, 0.717) is 0 Å². The molecule has 0 spiro atoms. The first-order valence-electron chi connectivity index (χ1n) is 7.22. The number of carbonyl (C=O) groups excluding carboxylic acids is 1. The summed E-state index contributed by atoms with van der Waals surface area (Å²) in [4.78, 5) is 11.8. The van der Waals surface area contributed by atoms with Crippen LogP contribution in [0.25, 0.3) is 0 Å². The highest BCUT2D eigenvalue weighted by atomic mass is 16.5. The van der Waals surface area contributed by atoms with Crippen LogP contribution >= 0.6 is 0 Å². The van der Waals surface area contributed by atoms with Gasteiger partial charge in [-0.25, -0.2) is 0 Å². The SMILES string of the molecule is COc1ccc(CCNC(C)C(=O)NC(C)C)cc1OC. The van der Waals surface area contributed by atoms with Gasteiger partial charge < -0.3 is 20.1 Å². The van der Waals surface area contributed by atoms with Crippen molar-refractivity contribution < 1.29 is 14.3 Å². The third-order valence-corrected chi connectivity index (χ3v) is 3.14. The van der Waals surface area contributed by atoms with Crippen molar-refractivity contribution in [3.63, 3.8) is 0 Å². The van der Waals surface area contributed by atoms with E-state index in [-0.39, 0.29) is 18.0 Å². The Hall–Kier alpha value is -1.75. The summed E-state index contributed by atoms with van der Waals surface area (Å²) in [6.45, 7) is 6.50. The molecular formula is C16H26N2O3. The zero-order valence-electron chi connectivity index (χ0n) is 13.5. The van der Waals surface area contributed by atoms with Crippen LogP contribution in [0.15, 0.2) is 18.2 Å². The Balaban J connectivity index is 2.47. The van der Waals surface area contributed by atoms with Crippen LogP contribution in [0.5, 0.6) is 11.5 Å². The summed E-state index contributed by atoms with van der Waals surface area (Å²) in [5.74, 6) is 1.47. The molecule has 0 aliphatic heterocycles. The summed E-state index contributed by atoms with van der Waals surface area (Å²) in [6.07, 6.45) is 0.819. The molecule has 0 saturated carbocycles. The Bertz CT molecular complexity index is 461. The van der Waals surface area contributed by atoms with Crippen LogP contribution in [0.4, 0.5) is 0 Å². The van der Waals surface area contributed by atoms with Crippen LogP contribution < -0.4 is 20.1 Å². The summed E-state index contributed by atoms with van der Waals surface area (Å²) in [5.41, 5.74) is 1.14. The Morgan fingerprint density at radius 1 is 1.14 bits per heavy atom. The van der Waals surface area contributed by atoms with Crippen LogP contribution in [0.1, 0.15) is 26.3 Å². The Morgan fingerprint density at radius 3 is 2.38 bits per heavy atom. The predicted molar refractivity (Wildman–Crippen MR) is 84.0 cm³/mol. The number of benzene rings is 1. The zero-order valence-corrected chi connectivity index (χ0v) is 13.5. The van der Waals surface area contributed by atoms with E-state index in [1.807, 2.05) is 39.0 Å². The standard InChI is InChI=1S/C16H26N2O3/c1-11(2)18-16(19)12(3)17-9-8-13-6-7-14(20-4)15(10-13)21-5/h6-7,10-12,17H,8-9H2,1-5H3,(H,18,19). The smallest absolute Gasteiger partial charge is 0.237 e. The maximum absolute atomic E-state index is 11.8. The van der Waals surface area contributed by atoms with Crippen molar-refractivity contribution in [3.8, 4) is 11.5 Å². The van der Waals surface area contributed by atoms with Gasteiger partial charge in [0, 0.05) is 6.04 Å². The number of amides is 1. The highest BCUT2D eigenvalue weighted by molar-refractivity contribution is 5.81. The first kappa shape index (κ1) is 17.3. The predicted octanol–water partition coefficient (Wildman–Crippen LogP) is 1.75. The third-order valence-electron chi connectivity index (χ3n) is 3.14. The maximum atomic E-state index is 11.8. The minimum Gasteiger partial charge on any atom is -0.493 e. The van der Waals surface area contributed by atoms with Gasteiger partial charge >= 0.3 is 0 Å². The van der Waals surface area contributed by atoms with Crippen LogP contribution in [0.2, 0.25) is 0 Å². The summed E-state index contributed by atoms with van der Waals surface area (Å²) in [6, 6.07) is 5.81. The molecule has 0 aromatic heterocycles. The topological polar surface area (TPSA) is 59.6 Å². The number of methoxy groups -OCH3 is 2. The number of nitrogens with one attached hydrogen (secondary N) is 2. The lowest BCUT2D eigenvalue weighted by Crippen LogP contribution is -2.45. The number of carbonyl (C=O) groups is 1. The Kier molecular flexibility index (Phi) is 7.02. The van der Waals surface area contributed by atoms with Crippen LogP contribution in [-0.4, -0.2) is 38.8 Å². The lowest BCUT2D eigenvalue weighted by atomic mass is 10.1. The molecule has 5 heteroatoms. The molecule has 0 fully saturated rings. The molecule has 0 bridgehead atoms. The van der Waals surface area contributed by atoms with Crippen molar-refractivity contribution in [2.24, 2.45) is 0 Å². The van der Waals surface area contributed by atoms with Gasteiger partial charge in [0.15, 0.2) is 11.5 Å². The fraction of sp³-hybridized carbons (Fsp3) is 0.562. The van der Waals surface area contributed by atoms with E-state index in [0.717, 1.165) is 30.0 Å². The maximum Gasteiger partial charge on any atom is 0.237 e. The van der Waals surface area contributed by atoms with E-state index in [2.05, 4.69) is 10.6 Å². The molecule has 0 aliphatic carbocycles. The minimum absolute atomic E-state index is 0.0253. The molecule has 5 nitrogen and oxygen atoms in total. The van der Waals surface area contributed by atoms with Gasteiger partial charge in [-0.2, -0.15) is 0 Å². The largest absolute Gasteiger partial charge is 0.493 e. The van der Waals surface area contributed by atoms with Gasteiger partial charge in [0.05, 0.1) is 20.3 Å². The van der Waals surface area contributed by atoms with Crippen molar-refractivity contribution in [1.82, 2.24) is 10.6 Å². The molecule has 0 saturated heterocycles. The highest BCUT2D eigenvalue weighted by Crippen LogP contribution is 2.27. The van der Waals surface area contributed by atoms with Crippen molar-refractivity contribution in [2.45, 2.75) is 39.3 Å². The van der Waals surface area contributed by atoms with Gasteiger partial charge in [-0.1, -0.05) is 6.07 Å². The van der Waals surface area contributed by atoms with Crippen molar-refractivity contribution in [2.75, 3.05) is 20.8 Å². The quantitative estimate of drug-likeness (QED) is 0.767. The van der Waals surface area contributed by atoms with Crippen LogP contribution in [0, 0.1) is 0 Å². The van der Waals surface area contributed by atoms with Crippen molar-refractivity contribution in [3.05, 3.63) is 23.8 Å². The number of rotatable bonds is 8. The average Bonchev–Trinajstić information content (AvgIpc) is 2.46. The Morgan fingerprint density at radius 2 is 1.81 bits per heavy atom. The molecule has 0 aliphatic rings. The minimum atomic E-state index is -0.201. The first-order valence-corrected chi connectivity index (χ1v) is 7.22. The monoisotopic (exact) mass is 294 g/mol. The van der Waals surface area contributed by atoms with Gasteiger partial charge in [-0.15, -0.1) is 0 Å². The van der Waals surface area contributed by atoms with Gasteiger partial charge in [0.25, 0.3) is 0 Å². The molecule has 1 aromatic carbocycles. The van der Waals surface area contributed by atoms with E-state index in [1.165, 1.54) is 0 Å². The van der Waals surface area contributed by atoms with E-state index < -0.39 is 0 Å². The summed E-state index contributed by atoms with van der Waals surface area (Å²) in [5, 5.41) is 6.10. The number of ether oxygens (including phenoxy) is 2. The van der Waals surface area contributed by atoms with E-state index in [9.17, 15) is 4.79 Å². The van der Waals surface area contributed by atoms with Gasteiger partial charge in [-0.3, -0.25) is 4.79 Å². The second-order valence-electron chi connectivity index (χ2n) is 5.28. The highest BCUT2D eigenvalue weighted by Gasteiger charge is 2.12. The first-order chi connectivity index (χ1) is 9.97. The molecule has 1 amide bonds. The fourth-order valence-electron chi connectivity index (χ4n) is 1.97. The van der Waals surface area contributed by atoms with Crippen LogP contribution in [-0.2, 0) is 11.2 Å². The molecular weight excluding hydrogens is 268 g/mol. The summed E-state index contributed by atoms with van der Waals surface area (Å²) < 4.78 is 10.5. The third kappa shape index (κ3) is 5.63. The average molecular weight is 294 g/mol. The van der Waals surface area contributed by atoms with Crippen molar-refractivity contribution >= 4 is 5.91 Å². The fourth-order valence-corrected chi connectivity index (χ4v) is 1.97. The molecule has 1 atom stereocenters. The molecule has 0 heterocycles. The molecule has 1 aromatic rings. The lowest BCUT2D eigenvalue weighted by molar-refractivity contribution is -0.123. The van der Waals surface area contributed by atoms with E-state index in [1.54, 1.807) is 14.2 Å². The zero-order chi connectivity index (χ0) is 15.8. The molecule has 118 valence electrons. The normalized spacial score (nSPS) is 12.1. The number of hydrogen-bond donors (Lipinski definition) is 2. The molecule has 1 rings (SSSR count). The second kappa shape index (κ2) is 8.52.